The van der Waals surface area contributed by atoms with E-state index >= 15 is 0 Å². The van der Waals surface area contributed by atoms with E-state index < -0.39 is 0 Å². The van der Waals surface area contributed by atoms with Gasteiger partial charge < -0.3 is 11.1 Å². The second-order valence-corrected chi connectivity index (χ2v) is 7.12. The van der Waals surface area contributed by atoms with Gasteiger partial charge in [0.2, 0.25) is 0 Å². The highest BCUT2D eigenvalue weighted by Crippen LogP contribution is 2.45. The summed E-state index contributed by atoms with van der Waals surface area (Å²) in [5.41, 5.74) is 9.86. The minimum absolute atomic E-state index is 0.142. The Morgan fingerprint density at radius 2 is 1.78 bits per heavy atom. The maximum Gasteiger partial charge on any atom is 0.255 e. The van der Waals surface area contributed by atoms with Crippen LogP contribution in [0.15, 0.2) is 60.7 Å². The average Bonchev–Trinajstić information content (AvgIpc) is 3.13. The van der Waals surface area contributed by atoms with Crippen LogP contribution >= 0.6 is 11.5 Å². The molecule has 3 aromatic carbocycles. The lowest BCUT2D eigenvalue weighted by Crippen LogP contribution is -2.17. The van der Waals surface area contributed by atoms with E-state index in [1.165, 1.54) is 11.5 Å². The zero-order valence-electron chi connectivity index (χ0n) is 14.0. The minimum Gasteiger partial charge on any atom is -0.398 e. The fourth-order valence-corrected chi connectivity index (χ4v) is 4.29. The van der Waals surface area contributed by atoms with Gasteiger partial charge in [-0.05, 0) is 41.9 Å². The van der Waals surface area contributed by atoms with Gasteiger partial charge in [-0.3, -0.25) is 9.59 Å². The summed E-state index contributed by atoms with van der Waals surface area (Å²) in [4.78, 5) is 25.8. The number of nitrogen functional groups attached to an aromatic ring is 1. The van der Waals surface area contributed by atoms with Gasteiger partial charge in [-0.25, -0.2) is 0 Å². The first-order valence-electron chi connectivity index (χ1n) is 8.37. The summed E-state index contributed by atoms with van der Waals surface area (Å²) in [5.74, 6) is -0.392. The first-order valence-corrected chi connectivity index (χ1v) is 9.15. The molecule has 0 bridgehead atoms. The van der Waals surface area contributed by atoms with Crippen LogP contribution in [0.3, 0.4) is 0 Å². The van der Waals surface area contributed by atoms with E-state index in [-0.39, 0.29) is 11.7 Å². The zero-order chi connectivity index (χ0) is 18.5. The molecule has 0 radical (unpaired) electrons. The Kier molecular flexibility index (Phi) is 3.35. The molecule has 1 heterocycles. The number of fused-ring (bicyclic) bond motifs is 2. The fraction of sp³-hybridized carbons (Fsp3) is 0. The SMILES string of the molecule is Nc1ccc(NC(=O)c2ccccc2)c2c1C(=O)c1cccc3snc-2c13. The molecular formula is C21H13N3O2S. The maximum atomic E-state index is 13.1. The average molecular weight is 371 g/mol. The molecule has 27 heavy (non-hydrogen) atoms. The highest BCUT2D eigenvalue weighted by atomic mass is 32.1. The summed E-state index contributed by atoms with van der Waals surface area (Å²) in [7, 11) is 0. The van der Waals surface area contributed by atoms with Crippen LogP contribution in [-0.4, -0.2) is 16.1 Å². The predicted molar refractivity (Wildman–Crippen MR) is 107 cm³/mol. The van der Waals surface area contributed by atoms with E-state index in [2.05, 4.69) is 9.69 Å². The molecular weight excluding hydrogens is 358 g/mol. The molecule has 5 nitrogen and oxygen atoms in total. The van der Waals surface area contributed by atoms with Crippen molar-refractivity contribution < 1.29 is 9.59 Å². The van der Waals surface area contributed by atoms with Crippen LogP contribution in [-0.2, 0) is 0 Å². The van der Waals surface area contributed by atoms with Gasteiger partial charge in [0.15, 0.2) is 5.78 Å². The summed E-state index contributed by atoms with van der Waals surface area (Å²) in [6.07, 6.45) is 0. The Bertz CT molecular complexity index is 1250. The van der Waals surface area contributed by atoms with Gasteiger partial charge in [0.1, 0.15) is 0 Å². The molecule has 0 saturated carbocycles. The molecule has 4 aromatic rings. The lowest BCUT2D eigenvalue weighted by Gasteiger charge is -2.20. The largest absolute Gasteiger partial charge is 0.398 e. The fourth-order valence-electron chi connectivity index (χ4n) is 3.48. The smallest absolute Gasteiger partial charge is 0.255 e. The Balaban J connectivity index is 1.72. The Morgan fingerprint density at radius 3 is 2.59 bits per heavy atom. The molecule has 1 aliphatic rings. The molecule has 1 aliphatic carbocycles. The van der Waals surface area contributed by atoms with Crippen molar-refractivity contribution in [2.45, 2.75) is 0 Å². The minimum atomic E-state index is -0.250. The number of amides is 1. The number of nitrogens with zero attached hydrogens (tertiary/aromatic N) is 1. The molecule has 0 atom stereocenters. The first-order chi connectivity index (χ1) is 13.1. The maximum absolute atomic E-state index is 13.1. The summed E-state index contributed by atoms with van der Waals surface area (Å²) < 4.78 is 5.50. The van der Waals surface area contributed by atoms with E-state index in [1.807, 2.05) is 18.2 Å². The molecule has 1 aromatic heterocycles. The van der Waals surface area contributed by atoms with E-state index in [9.17, 15) is 9.59 Å². The van der Waals surface area contributed by atoms with Crippen molar-refractivity contribution in [3.05, 3.63) is 77.4 Å². The molecule has 0 spiro atoms. The van der Waals surface area contributed by atoms with Crippen LogP contribution in [0.5, 0.6) is 0 Å². The van der Waals surface area contributed by atoms with E-state index in [1.54, 1.807) is 42.5 Å². The molecule has 0 saturated heterocycles. The number of nitrogens with one attached hydrogen (secondary N) is 1. The summed E-state index contributed by atoms with van der Waals surface area (Å²) in [6, 6.07) is 17.9. The second kappa shape index (κ2) is 5.75. The van der Waals surface area contributed by atoms with Gasteiger partial charge in [-0.1, -0.05) is 30.3 Å². The quantitative estimate of drug-likeness (QED) is 0.452. The highest BCUT2D eigenvalue weighted by Gasteiger charge is 2.31. The number of carbonyl (C=O) groups is 2. The predicted octanol–water partition coefficient (Wildman–Crippen LogP) is 4.34. The summed E-state index contributed by atoms with van der Waals surface area (Å²) >= 11 is 1.33. The van der Waals surface area contributed by atoms with Gasteiger partial charge >= 0.3 is 0 Å². The number of rotatable bonds is 2. The van der Waals surface area contributed by atoms with Crippen LogP contribution in [0.2, 0.25) is 0 Å². The number of hydrogen-bond acceptors (Lipinski definition) is 5. The molecule has 6 heteroatoms. The number of benzene rings is 3. The van der Waals surface area contributed by atoms with Gasteiger partial charge in [0, 0.05) is 27.8 Å². The third-order valence-corrected chi connectivity index (χ3v) is 5.54. The molecule has 0 unspecified atom stereocenters. The number of nitrogens with two attached hydrogens (primary N) is 1. The van der Waals surface area contributed by atoms with Crippen LogP contribution in [0.1, 0.15) is 26.3 Å². The van der Waals surface area contributed by atoms with Crippen molar-refractivity contribution in [3.8, 4) is 11.3 Å². The third-order valence-electron chi connectivity index (χ3n) is 4.73. The zero-order valence-corrected chi connectivity index (χ0v) is 14.8. The number of ketones is 1. The number of aromatic nitrogens is 1. The lowest BCUT2D eigenvalue weighted by atomic mass is 9.85. The molecule has 130 valence electrons. The van der Waals surface area contributed by atoms with Crippen LogP contribution in [0, 0.1) is 0 Å². The second-order valence-electron chi connectivity index (χ2n) is 6.31. The normalized spacial score (nSPS) is 12.1. The number of hydrogen-bond donors (Lipinski definition) is 2. The number of anilines is 2. The standard InChI is InChI=1S/C21H13N3O2S/c22-13-9-10-14(23-21(26)11-5-2-1-3-6-11)18-17(13)20(25)12-7-4-8-15-16(12)19(18)24-27-15/h1-10H,22H2,(H,23,26). The van der Waals surface area contributed by atoms with Crippen molar-refractivity contribution in [3.63, 3.8) is 0 Å². The Morgan fingerprint density at radius 1 is 0.963 bits per heavy atom. The monoisotopic (exact) mass is 371 g/mol. The van der Waals surface area contributed by atoms with Gasteiger partial charge in [0.05, 0.1) is 21.6 Å². The molecule has 5 rings (SSSR count). The number of carbonyl (C=O) groups excluding carboxylic acids is 2. The van der Waals surface area contributed by atoms with E-state index in [0.29, 0.717) is 39.3 Å². The first kappa shape index (κ1) is 15.7. The van der Waals surface area contributed by atoms with Crippen LogP contribution < -0.4 is 11.1 Å². The van der Waals surface area contributed by atoms with Crippen molar-refractivity contribution in [1.29, 1.82) is 0 Å². The van der Waals surface area contributed by atoms with Crippen LogP contribution in [0.25, 0.3) is 21.3 Å². The van der Waals surface area contributed by atoms with Gasteiger partial charge in [0.25, 0.3) is 5.91 Å². The van der Waals surface area contributed by atoms with E-state index in [4.69, 9.17) is 5.73 Å². The Labute approximate surface area is 158 Å². The van der Waals surface area contributed by atoms with Crippen molar-refractivity contribution >= 4 is 44.7 Å². The van der Waals surface area contributed by atoms with Crippen molar-refractivity contribution in [1.82, 2.24) is 4.37 Å². The highest BCUT2D eigenvalue weighted by molar-refractivity contribution is 7.13. The van der Waals surface area contributed by atoms with Crippen LogP contribution in [0.4, 0.5) is 11.4 Å². The summed E-state index contributed by atoms with van der Waals surface area (Å²) in [5, 5.41) is 3.74. The van der Waals surface area contributed by atoms with E-state index in [0.717, 1.165) is 10.1 Å². The molecule has 0 fully saturated rings. The van der Waals surface area contributed by atoms with Crippen molar-refractivity contribution in [2.24, 2.45) is 0 Å². The molecule has 3 N–H and O–H groups in total. The molecule has 0 aliphatic heterocycles. The molecule has 1 amide bonds. The van der Waals surface area contributed by atoms with Gasteiger partial charge in [-0.2, -0.15) is 4.37 Å². The van der Waals surface area contributed by atoms with Gasteiger partial charge in [-0.15, -0.1) is 0 Å². The lowest BCUT2D eigenvalue weighted by molar-refractivity contribution is 0.102. The summed E-state index contributed by atoms with van der Waals surface area (Å²) in [6.45, 7) is 0. The van der Waals surface area contributed by atoms with Crippen molar-refractivity contribution in [2.75, 3.05) is 11.1 Å². The Hall–Kier alpha value is -3.51. The third kappa shape index (κ3) is 2.27. The topological polar surface area (TPSA) is 85.1 Å².